The molecule has 36 heavy (non-hydrogen) atoms. The van der Waals surface area contributed by atoms with Gasteiger partial charge in [-0.15, -0.1) is 0 Å². The first-order valence-corrected chi connectivity index (χ1v) is 13.1. The van der Waals surface area contributed by atoms with E-state index in [-0.39, 0.29) is 24.3 Å². The molecule has 5 heterocycles. The molecule has 198 valence electrons. The fourth-order valence-corrected chi connectivity index (χ4v) is 6.72. The van der Waals surface area contributed by atoms with Gasteiger partial charge < -0.3 is 29.3 Å². The zero-order valence-electron chi connectivity index (χ0n) is 21.5. The number of carbonyl (C=O) groups is 3. The fraction of sp³-hybridized carbons (Fsp3) is 0.731. The Bertz CT molecular complexity index is 960. The van der Waals surface area contributed by atoms with Crippen LogP contribution in [0.2, 0.25) is 0 Å². The van der Waals surface area contributed by atoms with Crippen molar-refractivity contribution >= 4 is 17.7 Å². The summed E-state index contributed by atoms with van der Waals surface area (Å²) < 4.78 is 12.2. The van der Waals surface area contributed by atoms with Crippen LogP contribution in [0.4, 0.5) is 0 Å². The molecule has 3 amide bonds. The summed E-state index contributed by atoms with van der Waals surface area (Å²) in [6.45, 7) is 8.55. The average Bonchev–Trinajstić information content (AvgIpc) is 3.15. The Hall–Kier alpha value is -2.27. The van der Waals surface area contributed by atoms with Gasteiger partial charge in [-0.2, -0.15) is 0 Å². The highest BCUT2D eigenvalue weighted by Gasteiger charge is 2.75. The first-order chi connectivity index (χ1) is 17.3. The van der Waals surface area contributed by atoms with Crippen LogP contribution >= 0.6 is 0 Å². The van der Waals surface area contributed by atoms with Crippen LogP contribution in [0.5, 0.6) is 0 Å². The summed E-state index contributed by atoms with van der Waals surface area (Å²) in [5, 5.41) is 10.2. The Balaban J connectivity index is 1.54. The third-order valence-electron chi connectivity index (χ3n) is 8.65. The molecule has 0 radical (unpaired) electrons. The molecule has 1 spiro atoms. The predicted octanol–water partition coefficient (Wildman–Crippen LogP) is -0.513. The smallest absolute Gasteiger partial charge is 0.249 e. The number of ether oxygens (including phenoxy) is 2. The number of likely N-dealkylation sites (N-methyl/N-ethyl adjacent to an activating group) is 1. The van der Waals surface area contributed by atoms with E-state index in [0.29, 0.717) is 45.8 Å². The molecular formula is C26H38N4O6. The zero-order valence-corrected chi connectivity index (χ0v) is 21.5. The molecule has 0 bridgehead atoms. The monoisotopic (exact) mass is 502 g/mol. The van der Waals surface area contributed by atoms with Crippen LogP contribution in [-0.2, 0) is 23.9 Å². The summed E-state index contributed by atoms with van der Waals surface area (Å²) in [7, 11) is 1.72. The summed E-state index contributed by atoms with van der Waals surface area (Å²) in [6.07, 6.45) is 8.03. The largest absolute Gasteiger partial charge is 0.394 e. The summed E-state index contributed by atoms with van der Waals surface area (Å²) >= 11 is 0. The summed E-state index contributed by atoms with van der Waals surface area (Å²) in [5.41, 5.74) is -2.29. The molecule has 3 fully saturated rings. The quantitative estimate of drug-likeness (QED) is 0.488. The zero-order chi connectivity index (χ0) is 25.7. The first kappa shape index (κ1) is 25.4. The van der Waals surface area contributed by atoms with Crippen molar-refractivity contribution in [3.63, 3.8) is 0 Å². The highest BCUT2D eigenvalue weighted by atomic mass is 16.5. The molecule has 0 aromatic heterocycles. The second-order valence-corrected chi connectivity index (χ2v) is 10.7. The number of likely N-dealkylation sites (tertiary alicyclic amines) is 1. The van der Waals surface area contributed by atoms with E-state index in [2.05, 4.69) is 4.90 Å². The summed E-state index contributed by atoms with van der Waals surface area (Å²) in [4.78, 5) is 49.1. The van der Waals surface area contributed by atoms with Crippen molar-refractivity contribution in [2.75, 3.05) is 66.1 Å². The standard InChI is InChI=1S/C26H38N4O6/c1-4-18(17-31)30-21-24(34)29(12-11-28-13-15-35-16-14-28)10-6-8-26(21)20(23(30)33)19-22(32)27(3)9-5-7-25(19,2)36-26/h5-8,18-21,31H,4,9-17H2,1-3H3/t18-,19-,20-,21?,25+,26-/m0/s1. The van der Waals surface area contributed by atoms with Gasteiger partial charge in [0.05, 0.1) is 43.3 Å². The normalized spacial score (nSPS) is 37.6. The minimum Gasteiger partial charge on any atom is -0.394 e. The summed E-state index contributed by atoms with van der Waals surface area (Å²) in [6, 6.07) is -1.48. The van der Waals surface area contributed by atoms with Crippen LogP contribution in [-0.4, -0.2) is 132 Å². The number of fused-ring (bicyclic) bond motifs is 2. The van der Waals surface area contributed by atoms with E-state index in [0.717, 1.165) is 13.1 Å². The molecule has 0 aromatic carbocycles. The summed E-state index contributed by atoms with van der Waals surface area (Å²) in [5.74, 6) is -2.25. The molecule has 5 aliphatic heterocycles. The van der Waals surface area contributed by atoms with Gasteiger partial charge in [-0.3, -0.25) is 19.3 Å². The molecule has 0 saturated carbocycles. The molecular weight excluding hydrogens is 464 g/mol. The van der Waals surface area contributed by atoms with Crippen LogP contribution in [0.15, 0.2) is 24.3 Å². The van der Waals surface area contributed by atoms with Gasteiger partial charge in [-0.1, -0.05) is 31.2 Å². The minimum atomic E-state index is -1.28. The maximum absolute atomic E-state index is 14.2. The Labute approximate surface area is 212 Å². The first-order valence-electron chi connectivity index (χ1n) is 13.1. The molecule has 0 aromatic rings. The molecule has 5 rings (SSSR count). The van der Waals surface area contributed by atoms with Crippen LogP contribution in [0.25, 0.3) is 0 Å². The van der Waals surface area contributed by atoms with Crippen molar-refractivity contribution in [3.05, 3.63) is 24.3 Å². The predicted molar refractivity (Wildman–Crippen MR) is 131 cm³/mol. The highest BCUT2D eigenvalue weighted by Crippen LogP contribution is 2.57. The number of amides is 3. The van der Waals surface area contributed by atoms with E-state index < -0.39 is 35.1 Å². The fourth-order valence-electron chi connectivity index (χ4n) is 6.72. The molecule has 5 aliphatic rings. The van der Waals surface area contributed by atoms with Crippen molar-refractivity contribution in [1.29, 1.82) is 0 Å². The van der Waals surface area contributed by atoms with Gasteiger partial charge in [0.1, 0.15) is 11.6 Å². The second kappa shape index (κ2) is 9.55. The van der Waals surface area contributed by atoms with Gasteiger partial charge in [-0.25, -0.2) is 0 Å². The number of nitrogens with zero attached hydrogens (tertiary/aromatic N) is 4. The number of hydrogen-bond donors (Lipinski definition) is 1. The van der Waals surface area contributed by atoms with E-state index in [9.17, 15) is 19.5 Å². The topological polar surface area (TPSA) is 103 Å². The van der Waals surface area contributed by atoms with Crippen molar-refractivity contribution < 1.29 is 29.0 Å². The second-order valence-electron chi connectivity index (χ2n) is 10.7. The SMILES string of the molecule is CC[C@@H](CO)N1C(=O)[C@@H]2[C@H]3C(=O)N(C)CC=C[C@@]3(C)O[C@@]23C=CCN(CCN2CCOCC2)C(=O)C13. The molecule has 10 heteroatoms. The van der Waals surface area contributed by atoms with Crippen LogP contribution in [0.1, 0.15) is 20.3 Å². The number of aliphatic hydroxyl groups is 1. The maximum Gasteiger partial charge on any atom is 0.249 e. The van der Waals surface area contributed by atoms with Crippen LogP contribution in [0, 0.1) is 11.8 Å². The lowest BCUT2D eigenvalue weighted by Crippen LogP contribution is -2.59. The van der Waals surface area contributed by atoms with Gasteiger partial charge in [0.25, 0.3) is 0 Å². The molecule has 1 N–H and O–H groups in total. The van der Waals surface area contributed by atoms with Gasteiger partial charge in [0.2, 0.25) is 17.7 Å². The van der Waals surface area contributed by atoms with E-state index in [4.69, 9.17) is 9.47 Å². The van der Waals surface area contributed by atoms with Crippen molar-refractivity contribution in [3.8, 4) is 0 Å². The third kappa shape index (κ3) is 3.81. The molecule has 1 unspecified atom stereocenters. The van der Waals surface area contributed by atoms with E-state index in [1.807, 2.05) is 38.2 Å². The van der Waals surface area contributed by atoms with E-state index in [1.54, 1.807) is 16.8 Å². The van der Waals surface area contributed by atoms with Crippen LogP contribution in [0.3, 0.4) is 0 Å². The molecule has 3 saturated heterocycles. The molecule has 6 atom stereocenters. The Morgan fingerprint density at radius 1 is 1.03 bits per heavy atom. The lowest BCUT2D eigenvalue weighted by molar-refractivity contribution is -0.155. The molecule has 0 aliphatic carbocycles. The number of aliphatic hydroxyl groups excluding tert-OH is 1. The lowest BCUT2D eigenvalue weighted by Gasteiger charge is -2.40. The maximum atomic E-state index is 14.2. The number of morpholine rings is 1. The Morgan fingerprint density at radius 2 is 1.75 bits per heavy atom. The average molecular weight is 503 g/mol. The number of carbonyl (C=O) groups excluding carboxylic acids is 3. The van der Waals surface area contributed by atoms with Crippen molar-refractivity contribution in [1.82, 2.24) is 19.6 Å². The van der Waals surface area contributed by atoms with Gasteiger partial charge in [0.15, 0.2) is 0 Å². The van der Waals surface area contributed by atoms with Gasteiger partial charge in [0, 0.05) is 46.3 Å². The Kier molecular flexibility index (Phi) is 6.74. The van der Waals surface area contributed by atoms with Gasteiger partial charge >= 0.3 is 0 Å². The van der Waals surface area contributed by atoms with Gasteiger partial charge in [-0.05, 0) is 13.3 Å². The minimum absolute atomic E-state index is 0.162. The van der Waals surface area contributed by atoms with Crippen molar-refractivity contribution in [2.45, 2.75) is 43.6 Å². The van der Waals surface area contributed by atoms with E-state index in [1.165, 1.54) is 4.90 Å². The number of rotatable bonds is 6. The van der Waals surface area contributed by atoms with Crippen LogP contribution < -0.4 is 0 Å². The lowest BCUT2D eigenvalue weighted by atomic mass is 9.74. The molecule has 10 nitrogen and oxygen atoms in total. The van der Waals surface area contributed by atoms with E-state index >= 15 is 0 Å². The third-order valence-corrected chi connectivity index (χ3v) is 8.65. The Morgan fingerprint density at radius 3 is 2.44 bits per heavy atom. The highest BCUT2D eigenvalue weighted by molar-refractivity contribution is 6.00. The van der Waals surface area contributed by atoms with Crippen molar-refractivity contribution in [2.24, 2.45) is 11.8 Å². The number of hydrogen-bond acceptors (Lipinski definition) is 7.